The number of nitrogens with zero attached hydrogens (tertiary/aromatic N) is 2. The van der Waals surface area contributed by atoms with Crippen LogP contribution in [0.2, 0.25) is 0 Å². The number of hydrogen-bond donors (Lipinski definition) is 0. The van der Waals surface area contributed by atoms with Crippen molar-refractivity contribution < 1.29 is 9.53 Å². The number of fused-ring (bicyclic) bond motifs is 1. The molecule has 4 heteroatoms. The van der Waals surface area contributed by atoms with Gasteiger partial charge in [0, 0.05) is 12.6 Å². The van der Waals surface area contributed by atoms with E-state index in [0.29, 0.717) is 11.3 Å². The molecule has 0 amide bonds. The molecular formula is C27H20N2O2. The van der Waals surface area contributed by atoms with Crippen molar-refractivity contribution >= 4 is 17.0 Å². The molecule has 0 N–H and O–H groups in total. The molecule has 0 spiro atoms. The van der Waals surface area contributed by atoms with Crippen molar-refractivity contribution in [3.05, 3.63) is 109 Å². The molecule has 31 heavy (non-hydrogen) atoms. The molecule has 0 bridgehead atoms. The van der Waals surface area contributed by atoms with Gasteiger partial charge in [0.2, 0.25) is 0 Å². The molecule has 0 saturated heterocycles. The number of carbonyl (C=O) groups excluding carboxylic acids is 1. The Bertz CT molecular complexity index is 1370. The Labute approximate surface area is 180 Å². The average Bonchev–Trinajstić information content (AvgIpc) is 3.17. The first-order chi connectivity index (χ1) is 15.2. The lowest BCUT2D eigenvalue weighted by Crippen LogP contribution is -2.08. The second kappa shape index (κ2) is 7.92. The third-order valence-corrected chi connectivity index (χ3v) is 5.32. The maximum absolute atomic E-state index is 12.8. The molecule has 0 saturated carbocycles. The number of aromatic nitrogens is 2. The van der Waals surface area contributed by atoms with Crippen LogP contribution in [0.25, 0.3) is 33.5 Å². The van der Waals surface area contributed by atoms with E-state index in [9.17, 15) is 4.79 Å². The van der Waals surface area contributed by atoms with Gasteiger partial charge in [-0.15, -0.1) is 0 Å². The van der Waals surface area contributed by atoms with Crippen molar-refractivity contribution in [3.63, 3.8) is 0 Å². The minimum Gasteiger partial charge on any atom is -0.423 e. The fourth-order valence-corrected chi connectivity index (χ4v) is 3.70. The SMILES string of the molecule is Cn1c(-c2cccc(C(=O)Oc3ccc(-c4ccccc4)cc3)c2)nc2ccccc21. The summed E-state index contributed by atoms with van der Waals surface area (Å²) in [5.41, 5.74) is 5.51. The molecule has 150 valence electrons. The second-order valence-electron chi connectivity index (χ2n) is 7.34. The Balaban J connectivity index is 1.38. The summed E-state index contributed by atoms with van der Waals surface area (Å²) in [5, 5.41) is 0. The summed E-state index contributed by atoms with van der Waals surface area (Å²) in [6.45, 7) is 0. The number of imidazole rings is 1. The van der Waals surface area contributed by atoms with Crippen molar-refractivity contribution in [1.29, 1.82) is 0 Å². The molecule has 5 aromatic rings. The minimum atomic E-state index is -0.395. The molecule has 0 radical (unpaired) electrons. The number of ether oxygens (including phenoxy) is 1. The summed E-state index contributed by atoms with van der Waals surface area (Å²) >= 11 is 0. The van der Waals surface area contributed by atoms with Gasteiger partial charge in [-0.2, -0.15) is 0 Å². The van der Waals surface area contributed by atoms with Gasteiger partial charge in [-0.25, -0.2) is 9.78 Å². The zero-order valence-corrected chi connectivity index (χ0v) is 17.0. The van der Waals surface area contributed by atoms with E-state index in [-0.39, 0.29) is 0 Å². The maximum atomic E-state index is 12.8. The zero-order chi connectivity index (χ0) is 21.2. The van der Waals surface area contributed by atoms with Crippen molar-refractivity contribution in [2.75, 3.05) is 0 Å². The molecule has 0 fully saturated rings. The van der Waals surface area contributed by atoms with Gasteiger partial charge in [-0.05, 0) is 47.5 Å². The van der Waals surface area contributed by atoms with Crippen LogP contribution in [0.4, 0.5) is 0 Å². The number of rotatable bonds is 4. The highest BCUT2D eigenvalue weighted by atomic mass is 16.5. The van der Waals surface area contributed by atoms with E-state index in [1.165, 1.54) is 0 Å². The fourth-order valence-electron chi connectivity index (χ4n) is 3.70. The molecule has 0 aliphatic rings. The molecule has 0 aliphatic heterocycles. The van der Waals surface area contributed by atoms with Gasteiger partial charge in [-0.1, -0.05) is 66.7 Å². The van der Waals surface area contributed by atoms with E-state index in [0.717, 1.165) is 33.5 Å². The first kappa shape index (κ1) is 18.8. The first-order valence-electron chi connectivity index (χ1n) is 10.1. The topological polar surface area (TPSA) is 44.1 Å². The van der Waals surface area contributed by atoms with Crippen LogP contribution in [0.1, 0.15) is 10.4 Å². The summed E-state index contributed by atoms with van der Waals surface area (Å²) in [7, 11) is 1.98. The lowest BCUT2D eigenvalue weighted by atomic mass is 10.1. The largest absolute Gasteiger partial charge is 0.423 e. The van der Waals surface area contributed by atoms with Crippen LogP contribution in [0.15, 0.2) is 103 Å². The monoisotopic (exact) mass is 404 g/mol. The van der Waals surface area contributed by atoms with Crippen LogP contribution >= 0.6 is 0 Å². The standard InChI is InChI=1S/C27H20N2O2/c1-29-25-13-6-5-12-24(25)28-26(29)21-10-7-11-22(18-21)27(30)31-23-16-14-20(15-17-23)19-8-3-2-4-9-19/h2-18H,1H3. The quantitative estimate of drug-likeness (QED) is 0.267. The van der Waals surface area contributed by atoms with Crippen molar-refractivity contribution in [2.24, 2.45) is 7.05 Å². The van der Waals surface area contributed by atoms with Gasteiger partial charge in [0.1, 0.15) is 11.6 Å². The molecule has 0 unspecified atom stereocenters. The Morgan fingerprint density at radius 3 is 2.19 bits per heavy atom. The smallest absolute Gasteiger partial charge is 0.343 e. The van der Waals surface area contributed by atoms with Gasteiger partial charge < -0.3 is 9.30 Å². The first-order valence-corrected chi connectivity index (χ1v) is 10.1. The summed E-state index contributed by atoms with van der Waals surface area (Å²) in [4.78, 5) is 17.5. The van der Waals surface area contributed by atoms with E-state index in [1.54, 1.807) is 6.07 Å². The molecule has 4 aromatic carbocycles. The third kappa shape index (κ3) is 3.71. The van der Waals surface area contributed by atoms with Gasteiger partial charge >= 0.3 is 5.97 Å². The van der Waals surface area contributed by atoms with Crippen LogP contribution in [0.5, 0.6) is 5.75 Å². The second-order valence-corrected chi connectivity index (χ2v) is 7.34. The normalized spacial score (nSPS) is 10.9. The molecule has 5 rings (SSSR count). The zero-order valence-electron chi connectivity index (χ0n) is 17.0. The number of benzene rings is 4. The van der Waals surface area contributed by atoms with Crippen LogP contribution < -0.4 is 4.74 Å². The van der Waals surface area contributed by atoms with E-state index >= 15 is 0 Å². The van der Waals surface area contributed by atoms with E-state index in [4.69, 9.17) is 9.72 Å². The number of aryl methyl sites for hydroxylation is 1. The lowest BCUT2D eigenvalue weighted by molar-refractivity contribution is 0.0735. The van der Waals surface area contributed by atoms with Gasteiger partial charge in [0.05, 0.1) is 16.6 Å². The van der Waals surface area contributed by atoms with E-state index in [1.807, 2.05) is 109 Å². The molecular weight excluding hydrogens is 384 g/mol. The summed E-state index contributed by atoms with van der Waals surface area (Å²) in [6, 6.07) is 33.0. The summed E-state index contributed by atoms with van der Waals surface area (Å²) in [6.07, 6.45) is 0. The number of carbonyl (C=O) groups is 1. The Morgan fingerprint density at radius 1 is 0.742 bits per heavy atom. The summed E-state index contributed by atoms with van der Waals surface area (Å²) < 4.78 is 7.64. The molecule has 0 aliphatic carbocycles. The lowest BCUT2D eigenvalue weighted by Gasteiger charge is -2.08. The van der Waals surface area contributed by atoms with E-state index in [2.05, 4.69) is 0 Å². The van der Waals surface area contributed by atoms with Crippen LogP contribution in [-0.2, 0) is 7.05 Å². The van der Waals surface area contributed by atoms with Crippen molar-refractivity contribution in [2.45, 2.75) is 0 Å². The van der Waals surface area contributed by atoms with Crippen molar-refractivity contribution in [3.8, 4) is 28.3 Å². The fraction of sp³-hybridized carbons (Fsp3) is 0.0370. The predicted octanol–water partition coefficient (Wildman–Crippen LogP) is 6.13. The molecule has 0 atom stereocenters. The highest BCUT2D eigenvalue weighted by Gasteiger charge is 2.14. The maximum Gasteiger partial charge on any atom is 0.343 e. The Kier molecular flexibility index (Phi) is 4.81. The third-order valence-electron chi connectivity index (χ3n) is 5.32. The Hall–Kier alpha value is -4.18. The minimum absolute atomic E-state index is 0.395. The number of hydrogen-bond acceptors (Lipinski definition) is 3. The highest BCUT2D eigenvalue weighted by Crippen LogP contribution is 2.26. The Morgan fingerprint density at radius 2 is 1.42 bits per heavy atom. The molecule has 4 nitrogen and oxygen atoms in total. The average molecular weight is 404 g/mol. The van der Waals surface area contributed by atoms with Crippen molar-refractivity contribution in [1.82, 2.24) is 9.55 Å². The number of para-hydroxylation sites is 2. The molecule has 1 aromatic heterocycles. The predicted molar refractivity (Wildman–Crippen MR) is 123 cm³/mol. The van der Waals surface area contributed by atoms with Crippen LogP contribution in [0.3, 0.4) is 0 Å². The summed E-state index contributed by atoms with van der Waals surface area (Å²) in [5.74, 6) is 0.925. The van der Waals surface area contributed by atoms with Gasteiger partial charge in [0.25, 0.3) is 0 Å². The van der Waals surface area contributed by atoms with E-state index < -0.39 is 5.97 Å². The van der Waals surface area contributed by atoms with Crippen LogP contribution in [0, 0.1) is 0 Å². The highest BCUT2D eigenvalue weighted by molar-refractivity contribution is 5.92. The number of esters is 1. The molecule has 1 heterocycles. The van der Waals surface area contributed by atoms with Gasteiger partial charge in [0.15, 0.2) is 0 Å². The van der Waals surface area contributed by atoms with Gasteiger partial charge in [-0.3, -0.25) is 0 Å². The van der Waals surface area contributed by atoms with Crippen LogP contribution in [-0.4, -0.2) is 15.5 Å².